The highest BCUT2D eigenvalue weighted by Gasteiger charge is 2.18. The number of likely N-dealkylation sites (tertiary alicyclic amines) is 1. The number of ether oxygens (including phenoxy) is 1. The van der Waals surface area contributed by atoms with E-state index in [4.69, 9.17) is 4.74 Å². The van der Waals surface area contributed by atoms with Crippen molar-refractivity contribution >= 4 is 28.3 Å². The Kier molecular flexibility index (Phi) is 5.55. The van der Waals surface area contributed by atoms with Gasteiger partial charge in [-0.25, -0.2) is 9.78 Å². The highest BCUT2D eigenvalue weighted by atomic mass is 32.1. The van der Waals surface area contributed by atoms with Gasteiger partial charge in [0, 0.05) is 30.9 Å². The van der Waals surface area contributed by atoms with Crippen LogP contribution < -0.4 is 5.32 Å². The van der Waals surface area contributed by atoms with Crippen molar-refractivity contribution in [1.29, 1.82) is 0 Å². The van der Waals surface area contributed by atoms with Crippen molar-refractivity contribution in [1.82, 2.24) is 9.88 Å². The molecule has 0 radical (unpaired) electrons. The van der Waals surface area contributed by atoms with Crippen molar-refractivity contribution in [2.45, 2.75) is 33.1 Å². The fraction of sp³-hybridized carbons (Fsp3) is 0.643. The van der Waals surface area contributed by atoms with Gasteiger partial charge < -0.3 is 15.0 Å². The van der Waals surface area contributed by atoms with Crippen LogP contribution in [0, 0.1) is 6.92 Å². The van der Waals surface area contributed by atoms with E-state index in [2.05, 4.69) is 10.3 Å². The molecule has 1 fully saturated rings. The maximum absolute atomic E-state index is 11.9. The van der Waals surface area contributed by atoms with Gasteiger partial charge >= 0.3 is 5.97 Å². The summed E-state index contributed by atoms with van der Waals surface area (Å²) < 4.78 is 4.95. The largest absolute Gasteiger partial charge is 0.461 e. The molecule has 1 amide bonds. The van der Waals surface area contributed by atoms with E-state index >= 15 is 0 Å². The van der Waals surface area contributed by atoms with Crippen LogP contribution in [0.4, 0.5) is 5.13 Å². The molecule has 0 atom stereocenters. The molecule has 116 valence electrons. The Hall–Kier alpha value is -1.63. The van der Waals surface area contributed by atoms with Crippen molar-refractivity contribution in [2.75, 3.05) is 31.6 Å². The van der Waals surface area contributed by atoms with Gasteiger partial charge in [-0.1, -0.05) is 0 Å². The average molecular weight is 311 g/mol. The first kappa shape index (κ1) is 15.8. The SMILES string of the molecule is CCOC(=O)c1nc(NCCC(=O)N2CCCC2)sc1C. The minimum absolute atomic E-state index is 0.180. The highest BCUT2D eigenvalue weighted by molar-refractivity contribution is 7.15. The van der Waals surface area contributed by atoms with Crippen LogP contribution in [0.5, 0.6) is 0 Å². The zero-order valence-electron chi connectivity index (χ0n) is 12.5. The quantitative estimate of drug-likeness (QED) is 0.814. The second kappa shape index (κ2) is 7.40. The van der Waals surface area contributed by atoms with E-state index in [1.54, 1.807) is 6.92 Å². The lowest BCUT2D eigenvalue weighted by Crippen LogP contribution is -2.29. The van der Waals surface area contributed by atoms with Crippen molar-refractivity contribution in [2.24, 2.45) is 0 Å². The van der Waals surface area contributed by atoms with Crippen LogP contribution in [-0.2, 0) is 9.53 Å². The standard InChI is InChI=1S/C14H21N3O3S/c1-3-20-13(19)12-10(2)21-14(16-12)15-7-6-11(18)17-8-4-5-9-17/h3-9H2,1-2H3,(H,15,16). The number of nitrogens with zero attached hydrogens (tertiary/aromatic N) is 2. The second-order valence-corrected chi connectivity index (χ2v) is 6.11. The Balaban J connectivity index is 1.82. The van der Waals surface area contributed by atoms with Crippen LogP contribution in [0.2, 0.25) is 0 Å². The second-order valence-electron chi connectivity index (χ2n) is 4.91. The molecule has 0 saturated carbocycles. The number of amides is 1. The number of esters is 1. The number of aromatic nitrogens is 1. The lowest BCUT2D eigenvalue weighted by molar-refractivity contribution is -0.129. The van der Waals surface area contributed by atoms with Crippen LogP contribution in [0.3, 0.4) is 0 Å². The van der Waals surface area contributed by atoms with E-state index in [1.165, 1.54) is 11.3 Å². The summed E-state index contributed by atoms with van der Waals surface area (Å²) in [5.74, 6) is -0.216. The predicted molar refractivity (Wildman–Crippen MR) is 81.7 cm³/mol. The number of nitrogens with one attached hydrogen (secondary N) is 1. The topological polar surface area (TPSA) is 71.5 Å². The van der Waals surface area contributed by atoms with E-state index in [1.807, 2.05) is 11.8 Å². The zero-order valence-corrected chi connectivity index (χ0v) is 13.3. The number of rotatable bonds is 6. The molecule has 1 N–H and O–H groups in total. The van der Waals surface area contributed by atoms with Crippen molar-refractivity contribution in [3.05, 3.63) is 10.6 Å². The average Bonchev–Trinajstić information content (AvgIpc) is 3.08. The van der Waals surface area contributed by atoms with Gasteiger partial charge in [0.25, 0.3) is 0 Å². The Labute approximate surface area is 128 Å². The van der Waals surface area contributed by atoms with E-state index in [0.717, 1.165) is 30.8 Å². The van der Waals surface area contributed by atoms with Crippen LogP contribution in [0.1, 0.15) is 41.6 Å². The smallest absolute Gasteiger partial charge is 0.358 e. The zero-order chi connectivity index (χ0) is 15.2. The summed E-state index contributed by atoms with van der Waals surface area (Å²) in [6, 6.07) is 0. The minimum atomic E-state index is -0.396. The summed E-state index contributed by atoms with van der Waals surface area (Å²) in [7, 11) is 0. The molecule has 1 saturated heterocycles. The van der Waals surface area contributed by atoms with E-state index in [9.17, 15) is 9.59 Å². The first-order chi connectivity index (χ1) is 10.1. The monoisotopic (exact) mass is 311 g/mol. The molecule has 0 spiro atoms. The van der Waals surface area contributed by atoms with Gasteiger partial charge in [-0.05, 0) is 26.7 Å². The molecule has 1 aliphatic rings. The summed E-state index contributed by atoms with van der Waals surface area (Å²) in [4.78, 5) is 30.5. The number of carbonyl (C=O) groups is 2. The molecule has 0 unspecified atom stereocenters. The fourth-order valence-corrected chi connectivity index (χ4v) is 3.09. The van der Waals surface area contributed by atoms with Gasteiger partial charge in [0.05, 0.1) is 6.61 Å². The third-order valence-corrected chi connectivity index (χ3v) is 4.27. The van der Waals surface area contributed by atoms with Gasteiger partial charge in [-0.2, -0.15) is 0 Å². The molecule has 21 heavy (non-hydrogen) atoms. The molecular formula is C14H21N3O3S. The van der Waals surface area contributed by atoms with E-state index in [-0.39, 0.29) is 5.91 Å². The van der Waals surface area contributed by atoms with E-state index < -0.39 is 5.97 Å². The molecule has 0 bridgehead atoms. The van der Waals surface area contributed by atoms with Crippen molar-refractivity contribution < 1.29 is 14.3 Å². The normalized spacial score (nSPS) is 14.3. The first-order valence-electron chi connectivity index (χ1n) is 7.28. The molecule has 2 heterocycles. The van der Waals surface area contributed by atoms with Crippen molar-refractivity contribution in [3.63, 3.8) is 0 Å². The van der Waals surface area contributed by atoms with Crippen molar-refractivity contribution in [3.8, 4) is 0 Å². The van der Waals surface area contributed by atoms with Gasteiger partial charge in [0.1, 0.15) is 0 Å². The summed E-state index contributed by atoms with van der Waals surface area (Å²) in [5, 5.41) is 3.77. The molecule has 0 aliphatic carbocycles. The third-order valence-electron chi connectivity index (χ3n) is 3.34. The summed E-state index contributed by atoms with van der Waals surface area (Å²) >= 11 is 1.40. The van der Waals surface area contributed by atoms with Gasteiger partial charge in [0.15, 0.2) is 10.8 Å². The van der Waals surface area contributed by atoms with Crippen LogP contribution >= 0.6 is 11.3 Å². The predicted octanol–water partition coefficient (Wildman–Crippen LogP) is 2.05. The number of anilines is 1. The molecule has 1 aromatic heterocycles. The Morgan fingerprint density at radius 3 is 2.76 bits per heavy atom. The molecule has 1 aliphatic heterocycles. The first-order valence-corrected chi connectivity index (χ1v) is 8.09. The van der Waals surface area contributed by atoms with Gasteiger partial charge in [-0.3, -0.25) is 4.79 Å². The number of aryl methyl sites for hydroxylation is 1. The lowest BCUT2D eigenvalue weighted by atomic mass is 10.3. The molecule has 7 heteroatoms. The Morgan fingerprint density at radius 1 is 1.38 bits per heavy atom. The molecule has 0 aromatic carbocycles. The third kappa shape index (κ3) is 4.17. The highest BCUT2D eigenvalue weighted by Crippen LogP contribution is 2.22. The number of thiazole rings is 1. The molecule has 6 nitrogen and oxygen atoms in total. The van der Waals surface area contributed by atoms with Crippen LogP contribution in [0.15, 0.2) is 0 Å². The number of carbonyl (C=O) groups excluding carboxylic acids is 2. The Bertz CT molecular complexity index is 510. The lowest BCUT2D eigenvalue weighted by Gasteiger charge is -2.14. The number of hydrogen-bond acceptors (Lipinski definition) is 6. The minimum Gasteiger partial charge on any atom is -0.461 e. The summed E-state index contributed by atoms with van der Waals surface area (Å²) in [6.45, 7) is 6.23. The van der Waals surface area contributed by atoms with Crippen LogP contribution in [0.25, 0.3) is 0 Å². The number of hydrogen-bond donors (Lipinski definition) is 1. The summed E-state index contributed by atoms with van der Waals surface area (Å²) in [5.41, 5.74) is 0.357. The fourth-order valence-electron chi connectivity index (χ4n) is 2.26. The maximum Gasteiger partial charge on any atom is 0.358 e. The maximum atomic E-state index is 11.9. The van der Waals surface area contributed by atoms with E-state index in [0.29, 0.717) is 30.4 Å². The Morgan fingerprint density at radius 2 is 2.10 bits per heavy atom. The van der Waals surface area contributed by atoms with Gasteiger partial charge in [0.2, 0.25) is 5.91 Å². The van der Waals surface area contributed by atoms with Gasteiger partial charge in [-0.15, -0.1) is 11.3 Å². The summed E-state index contributed by atoms with van der Waals surface area (Å²) in [6.07, 6.45) is 2.66. The molecule has 2 rings (SSSR count). The molecular weight excluding hydrogens is 290 g/mol. The van der Waals surface area contributed by atoms with Crippen LogP contribution in [-0.4, -0.2) is 48.0 Å². The molecule has 1 aromatic rings.